The molecule has 82 valence electrons. The first kappa shape index (κ1) is 10.1. The van der Waals surface area contributed by atoms with Gasteiger partial charge in [0.15, 0.2) is 5.69 Å². The quantitative estimate of drug-likeness (QED) is 0.794. The van der Waals surface area contributed by atoms with Crippen LogP contribution < -0.4 is 0 Å². The molecule has 1 aliphatic rings. The summed E-state index contributed by atoms with van der Waals surface area (Å²) in [5.74, 6) is -0.288. The van der Waals surface area contributed by atoms with E-state index in [1.54, 1.807) is 4.68 Å². The fraction of sp³-hybridized carbons (Fsp3) is 0.700. The first-order chi connectivity index (χ1) is 7.22. The van der Waals surface area contributed by atoms with E-state index < -0.39 is 5.97 Å². The SMILES string of the molecule is CCCc1c(C(=O)O)nnn1CC1CC1. The standard InChI is InChI=1S/C10H15N3O2/c1-2-3-8-9(10(14)15)11-12-13(8)6-7-4-5-7/h7H,2-6H2,1H3,(H,14,15). The third kappa shape index (κ3) is 2.16. The highest BCUT2D eigenvalue weighted by Gasteiger charge is 2.25. The number of aromatic nitrogens is 3. The van der Waals surface area contributed by atoms with Crippen molar-refractivity contribution in [1.29, 1.82) is 0 Å². The van der Waals surface area contributed by atoms with Gasteiger partial charge >= 0.3 is 5.97 Å². The van der Waals surface area contributed by atoms with Gasteiger partial charge in [0.25, 0.3) is 0 Å². The second-order valence-electron chi connectivity index (χ2n) is 4.07. The molecular formula is C10H15N3O2. The molecule has 0 amide bonds. The zero-order valence-electron chi connectivity index (χ0n) is 8.81. The van der Waals surface area contributed by atoms with E-state index in [1.807, 2.05) is 6.92 Å². The van der Waals surface area contributed by atoms with Crippen molar-refractivity contribution >= 4 is 5.97 Å². The first-order valence-electron chi connectivity index (χ1n) is 5.38. The molecule has 0 bridgehead atoms. The topological polar surface area (TPSA) is 68.0 Å². The third-order valence-corrected chi connectivity index (χ3v) is 2.66. The van der Waals surface area contributed by atoms with Gasteiger partial charge in [-0.1, -0.05) is 18.6 Å². The summed E-state index contributed by atoms with van der Waals surface area (Å²) in [7, 11) is 0. The summed E-state index contributed by atoms with van der Waals surface area (Å²) in [5, 5.41) is 16.6. The molecule has 5 nitrogen and oxygen atoms in total. The van der Waals surface area contributed by atoms with Crippen LogP contribution in [0, 0.1) is 5.92 Å². The Labute approximate surface area is 88.1 Å². The molecule has 0 aliphatic heterocycles. The van der Waals surface area contributed by atoms with E-state index in [0.717, 1.165) is 25.1 Å². The number of hydrogen-bond donors (Lipinski definition) is 1. The maximum absolute atomic E-state index is 10.9. The van der Waals surface area contributed by atoms with Crippen LogP contribution in [0.25, 0.3) is 0 Å². The summed E-state index contributed by atoms with van der Waals surface area (Å²) in [4.78, 5) is 10.9. The van der Waals surface area contributed by atoms with Gasteiger partial charge in [0.2, 0.25) is 0 Å². The molecule has 1 saturated carbocycles. The molecule has 1 aliphatic carbocycles. The van der Waals surface area contributed by atoms with Crippen LogP contribution >= 0.6 is 0 Å². The Hall–Kier alpha value is -1.39. The maximum Gasteiger partial charge on any atom is 0.358 e. The van der Waals surface area contributed by atoms with Crippen LogP contribution in [-0.4, -0.2) is 26.1 Å². The molecule has 0 atom stereocenters. The van der Waals surface area contributed by atoms with Gasteiger partial charge in [-0.05, 0) is 25.2 Å². The lowest BCUT2D eigenvalue weighted by molar-refractivity contribution is 0.0689. The van der Waals surface area contributed by atoms with Crippen LogP contribution in [0.3, 0.4) is 0 Å². The normalized spacial score (nSPS) is 15.5. The van der Waals surface area contributed by atoms with Crippen LogP contribution in [-0.2, 0) is 13.0 Å². The zero-order chi connectivity index (χ0) is 10.8. The number of rotatable bonds is 5. The summed E-state index contributed by atoms with van der Waals surface area (Å²) in [6.07, 6.45) is 4.11. The Morgan fingerprint density at radius 3 is 2.87 bits per heavy atom. The minimum absolute atomic E-state index is 0.123. The highest BCUT2D eigenvalue weighted by atomic mass is 16.4. The van der Waals surface area contributed by atoms with Crippen molar-refractivity contribution in [2.24, 2.45) is 5.92 Å². The average Bonchev–Trinajstić information content (AvgIpc) is 2.90. The molecule has 2 rings (SSSR count). The van der Waals surface area contributed by atoms with Crippen molar-refractivity contribution < 1.29 is 9.90 Å². The average molecular weight is 209 g/mol. The number of carbonyl (C=O) groups is 1. The predicted octanol–water partition coefficient (Wildman–Crippen LogP) is 1.34. The van der Waals surface area contributed by atoms with Crippen LogP contribution in [0.4, 0.5) is 0 Å². The highest BCUT2D eigenvalue weighted by Crippen LogP contribution is 2.30. The number of nitrogens with zero attached hydrogens (tertiary/aromatic N) is 3. The molecule has 1 heterocycles. The summed E-state index contributed by atoms with van der Waals surface area (Å²) in [6.45, 7) is 2.86. The largest absolute Gasteiger partial charge is 0.476 e. The second kappa shape index (κ2) is 4.00. The predicted molar refractivity (Wildman–Crippen MR) is 53.7 cm³/mol. The molecular weight excluding hydrogens is 194 g/mol. The molecule has 0 unspecified atom stereocenters. The zero-order valence-corrected chi connectivity index (χ0v) is 8.81. The molecule has 1 aromatic heterocycles. The smallest absolute Gasteiger partial charge is 0.358 e. The van der Waals surface area contributed by atoms with Gasteiger partial charge in [-0.15, -0.1) is 5.10 Å². The number of hydrogen-bond acceptors (Lipinski definition) is 3. The van der Waals surface area contributed by atoms with E-state index in [1.165, 1.54) is 12.8 Å². The summed E-state index contributed by atoms with van der Waals surface area (Å²) in [5.41, 5.74) is 0.898. The molecule has 0 radical (unpaired) electrons. The van der Waals surface area contributed by atoms with Gasteiger partial charge in [0.1, 0.15) is 0 Å². The first-order valence-corrected chi connectivity index (χ1v) is 5.38. The molecule has 0 aromatic carbocycles. The second-order valence-corrected chi connectivity index (χ2v) is 4.07. The van der Waals surface area contributed by atoms with E-state index in [4.69, 9.17) is 5.11 Å². The Balaban J connectivity index is 2.23. The van der Waals surface area contributed by atoms with Crippen molar-refractivity contribution in [3.05, 3.63) is 11.4 Å². The number of aromatic carboxylic acids is 1. The highest BCUT2D eigenvalue weighted by molar-refractivity contribution is 5.86. The van der Waals surface area contributed by atoms with Crippen LogP contribution in [0.5, 0.6) is 0 Å². The van der Waals surface area contributed by atoms with Gasteiger partial charge in [-0.3, -0.25) is 0 Å². The fourth-order valence-electron chi connectivity index (χ4n) is 1.67. The summed E-state index contributed by atoms with van der Waals surface area (Å²) >= 11 is 0. The van der Waals surface area contributed by atoms with Gasteiger partial charge in [0.05, 0.1) is 5.69 Å². The summed E-state index contributed by atoms with van der Waals surface area (Å²) in [6, 6.07) is 0. The Bertz CT molecular complexity index is 369. The van der Waals surface area contributed by atoms with Gasteiger partial charge in [-0.2, -0.15) is 0 Å². The van der Waals surface area contributed by atoms with Crippen LogP contribution in [0.2, 0.25) is 0 Å². The molecule has 1 fully saturated rings. The lowest BCUT2D eigenvalue weighted by atomic mass is 10.2. The van der Waals surface area contributed by atoms with Crippen molar-refractivity contribution in [3.8, 4) is 0 Å². The van der Waals surface area contributed by atoms with Crippen LogP contribution in [0.15, 0.2) is 0 Å². The lowest BCUT2D eigenvalue weighted by Crippen LogP contribution is -2.09. The van der Waals surface area contributed by atoms with E-state index in [0.29, 0.717) is 5.92 Å². The van der Waals surface area contributed by atoms with Gasteiger partial charge in [-0.25, -0.2) is 9.48 Å². The van der Waals surface area contributed by atoms with Crippen molar-refractivity contribution in [2.45, 2.75) is 39.2 Å². The third-order valence-electron chi connectivity index (χ3n) is 2.66. The minimum atomic E-state index is -0.972. The Kier molecular flexibility index (Phi) is 2.70. The van der Waals surface area contributed by atoms with E-state index in [-0.39, 0.29) is 5.69 Å². The maximum atomic E-state index is 10.9. The van der Waals surface area contributed by atoms with Crippen LogP contribution in [0.1, 0.15) is 42.4 Å². The molecule has 0 spiro atoms. The van der Waals surface area contributed by atoms with Crippen molar-refractivity contribution in [1.82, 2.24) is 15.0 Å². The van der Waals surface area contributed by atoms with E-state index in [9.17, 15) is 4.79 Å². The molecule has 1 aromatic rings. The summed E-state index contributed by atoms with van der Waals surface area (Å²) < 4.78 is 1.77. The Morgan fingerprint density at radius 2 is 2.33 bits per heavy atom. The van der Waals surface area contributed by atoms with E-state index >= 15 is 0 Å². The number of carboxylic acids is 1. The minimum Gasteiger partial charge on any atom is -0.476 e. The molecule has 1 N–H and O–H groups in total. The van der Waals surface area contributed by atoms with Crippen molar-refractivity contribution in [2.75, 3.05) is 0 Å². The molecule has 5 heteroatoms. The van der Waals surface area contributed by atoms with Gasteiger partial charge in [0, 0.05) is 6.54 Å². The monoisotopic (exact) mass is 209 g/mol. The lowest BCUT2D eigenvalue weighted by Gasteiger charge is -2.04. The fourth-order valence-corrected chi connectivity index (χ4v) is 1.67. The van der Waals surface area contributed by atoms with E-state index in [2.05, 4.69) is 10.3 Å². The van der Waals surface area contributed by atoms with Crippen molar-refractivity contribution in [3.63, 3.8) is 0 Å². The van der Waals surface area contributed by atoms with Gasteiger partial charge < -0.3 is 5.11 Å². The Morgan fingerprint density at radius 1 is 1.60 bits per heavy atom. The molecule has 15 heavy (non-hydrogen) atoms. The number of carboxylic acid groups (broad SMARTS) is 1. The molecule has 0 saturated heterocycles.